The fourth-order valence-electron chi connectivity index (χ4n) is 3.68. The maximum absolute atomic E-state index is 12.1. The normalized spacial score (nSPS) is 24.8. The summed E-state index contributed by atoms with van der Waals surface area (Å²) in [7, 11) is 0. The van der Waals surface area contributed by atoms with E-state index in [9.17, 15) is 25.2 Å². The fraction of sp³-hybridized carbons (Fsp3) is 0.941. The largest absolute Gasteiger partial charge is 0.390 e. The summed E-state index contributed by atoms with van der Waals surface area (Å²) in [5.74, 6) is 0. The lowest BCUT2D eigenvalue weighted by molar-refractivity contribution is -0.103. The lowest BCUT2D eigenvalue weighted by Gasteiger charge is -2.46. The van der Waals surface area contributed by atoms with Gasteiger partial charge in [-0.05, 0) is 47.0 Å². The van der Waals surface area contributed by atoms with E-state index in [1.54, 1.807) is 6.92 Å². The van der Waals surface area contributed by atoms with E-state index in [4.69, 9.17) is 0 Å². The highest BCUT2D eigenvalue weighted by Gasteiger charge is 2.38. The zero-order valence-electron chi connectivity index (χ0n) is 15.9. The van der Waals surface area contributed by atoms with E-state index >= 15 is 0 Å². The van der Waals surface area contributed by atoms with Crippen LogP contribution >= 0.6 is 0 Å². The molecule has 2 amide bonds. The van der Waals surface area contributed by atoms with Gasteiger partial charge in [0.25, 0.3) is 0 Å². The zero-order valence-corrected chi connectivity index (χ0v) is 15.9. The summed E-state index contributed by atoms with van der Waals surface area (Å²) in [6.07, 6.45) is -3.70. The molecule has 148 valence electrons. The number of rotatable bonds is 7. The molecule has 8 nitrogen and oxygen atoms in total. The van der Waals surface area contributed by atoms with Crippen molar-refractivity contribution in [3.63, 3.8) is 0 Å². The van der Waals surface area contributed by atoms with Crippen LogP contribution in [0.1, 0.15) is 53.9 Å². The number of aliphatic hydroxyl groups excluding tert-OH is 4. The van der Waals surface area contributed by atoms with Crippen molar-refractivity contribution in [1.82, 2.24) is 16.0 Å². The first-order chi connectivity index (χ1) is 11.4. The highest BCUT2D eigenvalue weighted by atomic mass is 16.4. The molecule has 1 fully saturated rings. The number of hydrogen-bond acceptors (Lipinski definition) is 6. The maximum atomic E-state index is 12.1. The van der Waals surface area contributed by atoms with Crippen molar-refractivity contribution >= 4 is 6.03 Å². The predicted molar refractivity (Wildman–Crippen MR) is 95.2 cm³/mol. The van der Waals surface area contributed by atoms with E-state index in [1.165, 1.54) is 0 Å². The minimum Gasteiger partial charge on any atom is -0.390 e. The summed E-state index contributed by atoms with van der Waals surface area (Å²) in [4.78, 5) is 12.1. The van der Waals surface area contributed by atoms with Gasteiger partial charge in [0, 0.05) is 23.7 Å². The van der Waals surface area contributed by atoms with Gasteiger partial charge in [-0.15, -0.1) is 0 Å². The highest BCUT2D eigenvalue weighted by Crippen LogP contribution is 2.28. The summed E-state index contributed by atoms with van der Waals surface area (Å²) in [6.45, 7) is 9.77. The molecule has 0 bridgehead atoms. The van der Waals surface area contributed by atoms with Crippen LogP contribution in [0.15, 0.2) is 0 Å². The summed E-state index contributed by atoms with van der Waals surface area (Å²) in [5, 5.41) is 47.8. The Labute approximate surface area is 150 Å². The molecule has 0 radical (unpaired) electrons. The molecule has 8 heteroatoms. The monoisotopic (exact) mass is 361 g/mol. The maximum Gasteiger partial charge on any atom is 0.315 e. The van der Waals surface area contributed by atoms with Gasteiger partial charge in [-0.3, -0.25) is 0 Å². The molecule has 0 aliphatic carbocycles. The third-order valence-corrected chi connectivity index (χ3v) is 4.55. The molecule has 0 spiro atoms. The van der Waals surface area contributed by atoms with Gasteiger partial charge in [0.05, 0.1) is 12.2 Å². The predicted octanol–water partition coefficient (Wildman–Crippen LogP) is -0.552. The van der Waals surface area contributed by atoms with E-state index in [0.29, 0.717) is 0 Å². The van der Waals surface area contributed by atoms with E-state index in [2.05, 4.69) is 43.6 Å². The molecule has 4 atom stereocenters. The summed E-state index contributed by atoms with van der Waals surface area (Å²) in [5.41, 5.74) is -0.203. The second-order valence-corrected chi connectivity index (χ2v) is 8.38. The van der Waals surface area contributed by atoms with Crippen LogP contribution in [-0.4, -0.2) is 74.5 Å². The first kappa shape index (κ1) is 22.1. The van der Waals surface area contributed by atoms with Gasteiger partial charge in [0.2, 0.25) is 0 Å². The van der Waals surface area contributed by atoms with Crippen molar-refractivity contribution in [3.8, 4) is 0 Å². The molecular formula is C17H35N3O5. The molecular weight excluding hydrogens is 326 g/mol. The van der Waals surface area contributed by atoms with Gasteiger partial charge >= 0.3 is 6.03 Å². The van der Waals surface area contributed by atoms with Crippen molar-refractivity contribution in [1.29, 1.82) is 0 Å². The number of piperidine rings is 1. The average molecular weight is 361 g/mol. The number of carbonyl (C=O) groups is 1. The molecule has 0 saturated carbocycles. The first-order valence-electron chi connectivity index (χ1n) is 8.93. The molecule has 1 aliphatic heterocycles. The quantitative estimate of drug-likeness (QED) is 0.325. The van der Waals surface area contributed by atoms with E-state index in [1.807, 2.05) is 0 Å². The Balaban J connectivity index is 2.46. The Morgan fingerprint density at radius 1 is 1.04 bits per heavy atom. The first-order valence-corrected chi connectivity index (χ1v) is 8.93. The number of carbonyl (C=O) groups excluding carboxylic acids is 1. The van der Waals surface area contributed by atoms with Crippen molar-refractivity contribution in [2.24, 2.45) is 0 Å². The van der Waals surface area contributed by atoms with Gasteiger partial charge in [0.15, 0.2) is 0 Å². The number of aliphatic hydroxyl groups is 4. The van der Waals surface area contributed by atoms with E-state index in [0.717, 1.165) is 12.8 Å². The Bertz CT molecular complexity index is 428. The second-order valence-electron chi connectivity index (χ2n) is 8.38. The molecule has 1 saturated heterocycles. The highest BCUT2D eigenvalue weighted by molar-refractivity contribution is 5.74. The van der Waals surface area contributed by atoms with Gasteiger partial charge in [-0.1, -0.05) is 6.92 Å². The standard InChI is InChI=1S/C17H35N3O5/c1-6-11(21)13(23)14(24)12(22)9-18-15(25)19-10-7-16(2,3)20-17(4,5)8-10/h10-14,20-24H,6-9H2,1-5H3,(H2,18,19,25). The minimum absolute atomic E-state index is 0.0131. The van der Waals surface area contributed by atoms with Crippen molar-refractivity contribution in [2.45, 2.75) is 95.4 Å². The summed E-state index contributed by atoms with van der Waals surface area (Å²) < 4.78 is 0. The molecule has 1 heterocycles. The van der Waals surface area contributed by atoms with Crippen LogP contribution in [0.5, 0.6) is 0 Å². The van der Waals surface area contributed by atoms with Gasteiger partial charge in [-0.25, -0.2) is 4.79 Å². The smallest absolute Gasteiger partial charge is 0.315 e. The molecule has 7 N–H and O–H groups in total. The SMILES string of the molecule is CCC(O)C(O)C(O)C(O)CNC(=O)NC1CC(C)(C)NC(C)(C)C1. The molecule has 4 unspecified atom stereocenters. The summed E-state index contributed by atoms with van der Waals surface area (Å²) in [6, 6.07) is -0.448. The van der Waals surface area contributed by atoms with Crippen LogP contribution in [0, 0.1) is 0 Å². The minimum atomic E-state index is -1.54. The Kier molecular flexibility index (Phi) is 7.64. The van der Waals surface area contributed by atoms with E-state index < -0.39 is 30.4 Å². The lowest BCUT2D eigenvalue weighted by Crippen LogP contribution is -2.63. The zero-order chi connectivity index (χ0) is 19.4. The Morgan fingerprint density at radius 2 is 1.52 bits per heavy atom. The van der Waals surface area contributed by atoms with Crippen LogP contribution in [0.2, 0.25) is 0 Å². The van der Waals surface area contributed by atoms with Crippen LogP contribution in [0.4, 0.5) is 4.79 Å². The average Bonchev–Trinajstić information content (AvgIpc) is 2.46. The van der Waals surface area contributed by atoms with Crippen molar-refractivity contribution < 1.29 is 25.2 Å². The molecule has 0 aromatic rings. The van der Waals surface area contributed by atoms with Gasteiger partial charge < -0.3 is 36.4 Å². The third kappa shape index (κ3) is 7.07. The number of nitrogens with one attached hydrogen (secondary N) is 3. The van der Waals surface area contributed by atoms with Crippen LogP contribution in [0.3, 0.4) is 0 Å². The number of hydrogen-bond donors (Lipinski definition) is 7. The van der Waals surface area contributed by atoms with Crippen LogP contribution in [0.25, 0.3) is 0 Å². The number of amides is 2. The molecule has 25 heavy (non-hydrogen) atoms. The van der Waals surface area contributed by atoms with Gasteiger partial charge in [0.1, 0.15) is 12.2 Å². The van der Waals surface area contributed by atoms with Crippen molar-refractivity contribution in [2.75, 3.05) is 6.54 Å². The lowest BCUT2D eigenvalue weighted by atomic mass is 9.80. The molecule has 0 aromatic carbocycles. The third-order valence-electron chi connectivity index (χ3n) is 4.55. The Hall–Kier alpha value is -0.930. The Morgan fingerprint density at radius 3 is 2.00 bits per heavy atom. The number of urea groups is 1. The second kappa shape index (κ2) is 8.64. The van der Waals surface area contributed by atoms with Gasteiger partial charge in [-0.2, -0.15) is 0 Å². The van der Waals surface area contributed by atoms with Crippen LogP contribution in [-0.2, 0) is 0 Å². The molecule has 1 aliphatic rings. The molecule has 0 aromatic heterocycles. The van der Waals surface area contributed by atoms with E-state index in [-0.39, 0.29) is 30.1 Å². The summed E-state index contributed by atoms with van der Waals surface area (Å²) >= 11 is 0. The molecule has 1 rings (SSSR count). The van der Waals surface area contributed by atoms with Crippen LogP contribution < -0.4 is 16.0 Å². The topological polar surface area (TPSA) is 134 Å². The fourth-order valence-corrected chi connectivity index (χ4v) is 3.68. The van der Waals surface area contributed by atoms with Crippen molar-refractivity contribution in [3.05, 3.63) is 0 Å².